The van der Waals surface area contributed by atoms with Gasteiger partial charge in [0.05, 0.1) is 5.69 Å². The van der Waals surface area contributed by atoms with Crippen molar-refractivity contribution >= 4 is 43.1 Å². The van der Waals surface area contributed by atoms with Gasteiger partial charge in [0, 0.05) is 28.4 Å². The Kier molecular flexibility index (Phi) is 3.74. The molecule has 2 heterocycles. The summed E-state index contributed by atoms with van der Waals surface area (Å²) in [5.74, 6) is 0.787. The number of hydrogen-bond acceptors (Lipinski definition) is 4. The van der Waals surface area contributed by atoms with E-state index in [-0.39, 0.29) is 0 Å². The maximum Gasteiger partial charge on any atom is 0.150 e. The van der Waals surface area contributed by atoms with Crippen LogP contribution in [0.2, 0.25) is 0 Å². The summed E-state index contributed by atoms with van der Waals surface area (Å²) >= 11 is 4.38. The van der Waals surface area contributed by atoms with Crippen LogP contribution in [0.1, 0.15) is 0 Å². The molecule has 0 bridgehead atoms. The van der Waals surface area contributed by atoms with E-state index in [9.17, 15) is 0 Å². The molecule has 4 rings (SSSR count). The lowest BCUT2D eigenvalue weighted by molar-refractivity contribution is 0.949. The van der Waals surface area contributed by atoms with Crippen LogP contribution in [0.3, 0.4) is 0 Å². The van der Waals surface area contributed by atoms with E-state index in [0.717, 1.165) is 27.7 Å². The molecular weight excluding hydrogens is 315 g/mol. The summed E-state index contributed by atoms with van der Waals surface area (Å²) in [5.41, 5.74) is 3.94. The molecule has 0 aliphatic carbocycles. The molecule has 0 fully saturated rings. The topological polar surface area (TPSA) is 42.2 Å². The quantitative estimate of drug-likeness (QED) is 0.448. The molecule has 2 aromatic carbocycles. The molecule has 0 amide bonds. The van der Waals surface area contributed by atoms with Crippen LogP contribution in [0.25, 0.3) is 16.9 Å². The first-order chi connectivity index (χ1) is 11.7. The van der Waals surface area contributed by atoms with Crippen molar-refractivity contribution < 1.29 is 0 Å². The first-order valence-corrected chi connectivity index (χ1v) is 7.91. The molecule has 0 aliphatic rings. The standard InChI is InChI=1S/C18H13BN4S/c19-15-11-20-23-17(21-13-7-4-8-14(24)9-13)10-16(22-18(15)23)12-5-2-1-3-6-12/h1-11,21,24H. The smallest absolute Gasteiger partial charge is 0.150 e. The predicted octanol–water partition coefficient (Wildman–Crippen LogP) is 3.22. The second-order valence-electron chi connectivity index (χ2n) is 5.40. The van der Waals surface area contributed by atoms with Crippen LogP contribution in [0.5, 0.6) is 0 Å². The van der Waals surface area contributed by atoms with E-state index in [4.69, 9.17) is 7.85 Å². The molecule has 0 aliphatic heterocycles. The van der Waals surface area contributed by atoms with Gasteiger partial charge in [0.2, 0.25) is 0 Å². The largest absolute Gasteiger partial charge is 0.340 e. The van der Waals surface area contributed by atoms with Gasteiger partial charge in [-0.2, -0.15) is 9.61 Å². The highest BCUT2D eigenvalue weighted by molar-refractivity contribution is 7.80. The number of fused-ring (bicyclic) bond motifs is 1. The molecule has 114 valence electrons. The van der Waals surface area contributed by atoms with E-state index in [1.165, 1.54) is 0 Å². The van der Waals surface area contributed by atoms with E-state index in [1.807, 2.05) is 60.7 Å². The molecule has 0 saturated carbocycles. The first-order valence-electron chi connectivity index (χ1n) is 7.46. The minimum Gasteiger partial charge on any atom is -0.340 e. The van der Waals surface area contributed by atoms with Gasteiger partial charge < -0.3 is 5.32 Å². The van der Waals surface area contributed by atoms with Crippen LogP contribution in [0, 0.1) is 0 Å². The number of anilines is 2. The Balaban J connectivity index is 1.87. The minimum absolute atomic E-state index is 0.541. The summed E-state index contributed by atoms with van der Waals surface area (Å²) in [5, 5.41) is 7.69. The molecule has 0 saturated heterocycles. The van der Waals surface area contributed by atoms with Gasteiger partial charge >= 0.3 is 0 Å². The van der Waals surface area contributed by atoms with Crippen molar-refractivity contribution in [3.8, 4) is 11.3 Å². The van der Waals surface area contributed by atoms with Crippen LogP contribution in [0.4, 0.5) is 11.5 Å². The second-order valence-corrected chi connectivity index (χ2v) is 5.92. The number of nitrogens with one attached hydrogen (secondary N) is 1. The molecule has 2 aromatic heterocycles. The molecule has 24 heavy (non-hydrogen) atoms. The van der Waals surface area contributed by atoms with E-state index >= 15 is 0 Å². The van der Waals surface area contributed by atoms with E-state index in [0.29, 0.717) is 11.1 Å². The monoisotopic (exact) mass is 328 g/mol. The van der Waals surface area contributed by atoms with Crippen LogP contribution < -0.4 is 10.8 Å². The minimum atomic E-state index is 0.541. The van der Waals surface area contributed by atoms with Crippen molar-refractivity contribution in [1.82, 2.24) is 14.6 Å². The van der Waals surface area contributed by atoms with Crippen molar-refractivity contribution in [1.29, 1.82) is 0 Å². The molecule has 1 N–H and O–H groups in total. The van der Waals surface area contributed by atoms with Crippen molar-refractivity contribution in [3.63, 3.8) is 0 Å². The highest BCUT2D eigenvalue weighted by Crippen LogP contribution is 2.24. The average Bonchev–Trinajstić information content (AvgIpc) is 2.97. The lowest BCUT2D eigenvalue weighted by Crippen LogP contribution is -2.07. The first kappa shape index (κ1) is 14.8. The Morgan fingerprint density at radius 3 is 2.62 bits per heavy atom. The fourth-order valence-corrected chi connectivity index (χ4v) is 2.78. The van der Waals surface area contributed by atoms with Crippen LogP contribution in [-0.4, -0.2) is 22.4 Å². The van der Waals surface area contributed by atoms with Crippen molar-refractivity contribution in [2.24, 2.45) is 0 Å². The summed E-state index contributed by atoms with van der Waals surface area (Å²) in [7, 11) is 6.02. The molecule has 4 nitrogen and oxygen atoms in total. The van der Waals surface area contributed by atoms with Crippen LogP contribution in [0.15, 0.2) is 71.8 Å². The average molecular weight is 328 g/mol. The zero-order valence-corrected chi connectivity index (χ0v) is 13.6. The van der Waals surface area contributed by atoms with Gasteiger partial charge in [0.1, 0.15) is 13.7 Å². The number of nitrogens with zero attached hydrogens (tertiary/aromatic N) is 3. The maximum atomic E-state index is 6.02. The number of thiol groups is 1. The van der Waals surface area contributed by atoms with E-state index < -0.39 is 0 Å². The fraction of sp³-hybridized carbons (Fsp3) is 0. The summed E-state index contributed by atoms with van der Waals surface area (Å²) < 4.78 is 1.70. The zero-order valence-electron chi connectivity index (χ0n) is 12.7. The zero-order chi connectivity index (χ0) is 16.5. The summed E-state index contributed by atoms with van der Waals surface area (Å²) in [6.45, 7) is 0. The summed E-state index contributed by atoms with van der Waals surface area (Å²) in [6, 6.07) is 19.7. The fourth-order valence-electron chi connectivity index (χ4n) is 2.56. The van der Waals surface area contributed by atoms with Gasteiger partial charge in [-0.15, -0.1) is 12.6 Å². The Bertz CT molecular complexity index is 1010. The van der Waals surface area contributed by atoms with Crippen LogP contribution in [-0.2, 0) is 0 Å². The predicted molar refractivity (Wildman–Crippen MR) is 101 cm³/mol. The van der Waals surface area contributed by atoms with Crippen molar-refractivity contribution in [2.75, 3.05) is 5.32 Å². The number of aromatic nitrogens is 3. The number of benzene rings is 2. The highest BCUT2D eigenvalue weighted by atomic mass is 32.1. The molecule has 0 atom stereocenters. The van der Waals surface area contributed by atoms with Gasteiger partial charge in [-0.1, -0.05) is 36.4 Å². The van der Waals surface area contributed by atoms with E-state index in [2.05, 4.69) is 28.0 Å². The van der Waals surface area contributed by atoms with Crippen molar-refractivity contribution in [2.45, 2.75) is 4.90 Å². The van der Waals surface area contributed by atoms with Gasteiger partial charge in [0.15, 0.2) is 5.65 Å². The van der Waals surface area contributed by atoms with Gasteiger partial charge in [-0.25, -0.2) is 4.98 Å². The number of rotatable bonds is 3. The third-order valence-corrected chi connectivity index (χ3v) is 3.97. The lowest BCUT2D eigenvalue weighted by Gasteiger charge is -2.11. The third kappa shape index (κ3) is 2.76. The summed E-state index contributed by atoms with van der Waals surface area (Å²) in [6.07, 6.45) is 1.61. The van der Waals surface area contributed by atoms with E-state index in [1.54, 1.807) is 10.7 Å². The van der Waals surface area contributed by atoms with Crippen molar-refractivity contribution in [3.05, 3.63) is 66.9 Å². The lowest BCUT2D eigenvalue weighted by atomic mass is 10.0. The SMILES string of the molecule is [B]c1cnn2c(Nc3cccc(S)c3)cc(-c3ccccc3)nc12. The molecule has 0 spiro atoms. The molecule has 6 heteroatoms. The Morgan fingerprint density at radius 2 is 1.83 bits per heavy atom. The maximum absolute atomic E-state index is 6.02. The Morgan fingerprint density at radius 1 is 1.00 bits per heavy atom. The molecule has 4 aromatic rings. The van der Waals surface area contributed by atoms with Gasteiger partial charge in [-0.3, -0.25) is 0 Å². The van der Waals surface area contributed by atoms with Crippen LogP contribution >= 0.6 is 12.6 Å². The van der Waals surface area contributed by atoms with Gasteiger partial charge in [0.25, 0.3) is 0 Å². The summed E-state index contributed by atoms with van der Waals surface area (Å²) in [4.78, 5) is 5.53. The third-order valence-electron chi connectivity index (χ3n) is 3.69. The highest BCUT2D eigenvalue weighted by Gasteiger charge is 2.10. The molecule has 0 unspecified atom stereocenters. The normalized spacial score (nSPS) is 10.9. The Hall–Kier alpha value is -2.73. The number of hydrogen-bond donors (Lipinski definition) is 2. The van der Waals surface area contributed by atoms with Gasteiger partial charge in [-0.05, 0) is 23.7 Å². The molecular formula is C18H13BN4S. The Labute approximate surface area is 146 Å². The molecule has 2 radical (unpaired) electrons. The second kappa shape index (κ2) is 6.05.